The Balaban J connectivity index is 1.34. The molecule has 1 aromatic heterocycles. The number of hydrogen-bond donors (Lipinski definition) is 0. The number of hydrogen-bond acceptors (Lipinski definition) is 6. The smallest absolute Gasteiger partial charge is 0.243 e. The van der Waals surface area contributed by atoms with E-state index in [4.69, 9.17) is 9.97 Å². The van der Waals surface area contributed by atoms with E-state index in [0.717, 1.165) is 16.6 Å². The quantitative estimate of drug-likeness (QED) is 0.591. The van der Waals surface area contributed by atoms with Gasteiger partial charge in [-0.05, 0) is 44.0 Å². The molecule has 0 bridgehead atoms. The fourth-order valence-corrected chi connectivity index (χ4v) is 5.99. The first kappa shape index (κ1) is 21.8. The number of sulfonamides is 1. The maximum Gasteiger partial charge on any atom is 0.243 e. The molecular weight excluding hydrogens is 438 g/mol. The minimum atomic E-state index is -3.55. The molecule has 33 heavy (non-hydrogen) atoms. The Bertz CT molecular complexity index is 1300. The van der Waals surface area contributed by atoms with Crippen LogP contribution in [0, 0.1) is 12.8 Å². The number of aryl methyl sites for hydroxylation is 1. The van der Waals surface area contributed by atoms with E-state index in [9.17, 15) is 13.2 Å². The van der Waals surface area contributed by atoms with Crippen LogP contribution in [0.25, 0.3) is 11.0 Å². The van der Waals surface area contributed by atoms with Crippen LogP contribution >= 0.6 is 0 Å². The zero-order valence-electron chi connectivity index (χ0n) is 18.8. The van der Waals surface area contributed by atoms with Crippen molar-refractivity contribution in [3.8, 4) is 0 Å². The Morgan fingerprint density at radius 3 is 2.12 bits per heavy atom. The summed E-state index contributed by atoms with van der Waals surface area (Å²) in [6.07, 6.45) is 0.985. The van der Waals surface area contributed by atoms with Gasteiger partial charge in [0, 0.05) is 39.1 Å². The van der Waals surface area contributed by atoms with Crippen LogP contribution in [0.15, 0.2) is 53.4 Å². The summed E-state index contributed by atoms with van der Waals surface area (Å²) in [5.41, 5.74) is 2.57. The zero-order chi connectivity index (χ0) is 23.2. The number of amides is 1. The SMILES string of the molecule is Cc1ccc(S(=O)(=O)N2CCC(C(=O)N3CCN(C)c4nc5ccccc5nc43)CC2)cc1. The number of rotatable bonds is 3. The van der Waals surface area contributed by atoms with Gasteiger partial charge >= 0.3 is 0 Å². The molecule has 0 saturated carbocycles. The highest BCUT2D eigenvalue weighted by molar-refractivity contribution is 7.89. The van der Waals surface area contributed by atoms with Crippen LogP contribution in [0.1, 0.15) is 18.4 Å². The molecule has 3 heterocycles. The van der Waals surface area contributed by atoms with Gasteiger partial charge in [-0.25, -0.2) is 18.4 Å². The third kappa shape index (κ3) is 3.95. The summed E-state index contributed by atoms with van der Waals surface area (Å²) in [5.74, 6) is 1.05. The van der Waals surface area contributed by atoms with Gasteiger partial charge in [-0.2, -0.15) is 4.31 Å². The average molecular weight is 466 g/mol. The maximum atomic E-state index is 13.5. The second-order valence-corrected chi connectivity index (χ2v) is 10.7. The molecule has 9 heteroatoms. The Morgan fingerprint density at radius 1 is 0.879 bits per heavy atom. The molecule has 2 aliphatic rings. The molecule has 0 radical (unpaired) electrons. The molecule has 0 unspecified atom stereocenters. The van der Waals surface area contributed by atoms with E-state index < -0.39 is 10.0 Å². The van der Waals surface area contributed by atoms with Crippen LogP contribution in [0.3, 0.4) is 0 Å². The molecule has 172 valence electrons. The van der Waals surface area contributed by atoms with Crippen LogP contribution in [0.2, 0.25) is 0 Å². The van der Waals surface area contributed by atoms with Gasteiger partial charge in [-0.15, -0.1) is 0 Å². The number of likely N-dealkylation sites (N-methyl/N-ethyl adjacent to an activating group) is 1. The summed E-state index contributed by atoms with van der Waals surface area (Å²) >= 11 is 0. The molecule has 0 spiro atoms. The third-order valence-corrected chi connectivity index (χ3v) is 8.45. The standard InChI is InChI=1S/C24H27N5O3S/c1-17-7-9-19(10-8-17)33(31,32)28-13-11-18(12-14-28)24(30)29-16-15-27(2)22-23(29)26-21-6-4-3-5-20(21)25-22/h3-10,18H,11-16H2,1-2H3. The van der Waals surface area contributed by atoms with Gasteiger partial charge in [0.2, 0.25) is 15.9 Å². The number of para-hydroxylation sites is 2. The van der Waals surface area contributed by atoms with Gasteiger partial charge in [0.05, 0.1) is 15.9 Å². The normalized spacial score (nSPS) is 17.9. The van der Waals surface area contributed by atoms with Crippen molar-refractivity contribution in [2.75, 3.05) is 43.0 Å². The zero-order valence-corrected chi connectivity index (χ0v) is 19.6. The number of fused-ring (bicyclic) bond motifs is 2. The number of nitrogens with zero attached hydrogens (tertiary/aromatic N) is 5. The topological polar surface area (TPSA) is 86.7 Å². The molecule has 0 N–H and O–H groups in total. The maximum absolute atomic E-state index is 13.5. The van der Waals surface area contributed by atoms with Crippen molar-refractivity contribution in [3.05, 3.63) is 54.1 Å². The predicted octanol–water partition coefficient (Wildman–Crippen LogP) is 2.82. The fraction of sp³-hybridized carbons (Fsp3) is 0.375. The first-order valence-electron chi connectivity index (χ1n) is 11.2. The highest BCUT2D eigenvalue weighted by Gasteiger charge is 2.37. The number of benzene rings is 2. The van der Waals surface area contributed by atoms with E-state index in [0.29, 0.717) is 55.6 Å². The molecule has 3 aromatic rings. The van der Waals surface area contributed by atoms with Gasteiger partial charge < -0.3 is 4.90 Å². The summed E-state index contributed by atoms with van der Waals surface area (Å²) in [7, 11) is -1.60. The van der Waals surface area contributed by atoms with E-state index >= 15 is 0 Å². The van der Waals surface area contributed by atoms with Crippen LogP contribution in [0.4, 0.5) is 11.6 Å². The molecule has 0 aliphatic carbocycles. The lowest BCUT2D eigenvalue weighted by atomic mass is 9.96. The van der Waals surface area contributed by atoms with Crippen LogP contribution in [0.5, 0.6) is 0 Å². The van der Waals surface area contributed by atoms with Gasteiger partial charge in [0.25, 0.3) is 0 Å². The van der Waals surface area contributed by atoms with Gasteiger partial charge in [-0.1, -0.05) is 29.8 Å². The predicted molar refractivity (Wildman–Crippen MR) is 128 cm³/mol. The van der Waals surface area contributed by atoms with Crippen LogP contribution < -0.4 is 9.80 Å². The van der Waals surface area contributed by atoms with Crippen molar-refractivity contribution < 1.29 is 13.2 Å². The van der Waals surface area contributed by atoms with Crippen LogP contribution in [-0.2, 0) is 14.8 Å². The van der Waals surface area contributed by atoms with Crippen molar-refractivity contribution in [2.24, 2.45) is 5.92 Å². The first-order chi connectivity index (χ1) is 15.8. The summed E-state index contributed by atoms with van der Waals surface area (Å²) in [5, 5.41) is 0. The number of carbonyl (C=O) groups excluding carboxylic acids is 1. The van der Waals surface area contributed by atoms with E-state index in [-0.39, 0.29) is 11.8 Å². The first-order valence-corrected chi connectivity index (χ1v) is 12.6. The van der Waals surface area contributed by atoms with E-state index in [1.807, 2.05) is 43.1 Å². The Morgan fingerprint density at radius 2 is 1.48 bits per heavy atom. The summed E-state index contributed by atoms with van der Waals surface area (Å²) in [6, 6.07) is 14.5. The lowest BCUT2D eigenvalue weighted by Gasteiger charge is -2.37. The van der Waals surface area contributed by atoms with Crippen molar-refractivity contribution in [1.29, 1.82) is 0 Å². The fourth-order valence-electron chi connectivity index (χ4n) is 4.52. The van der Waals surface area contributed by atoms with Gasteiger partial charge in [0.1, 0.15) is 0 Å². The number of piperidine rings is 1. The molecule has 1 amide bonds. The summed E-state index contributed by atoms with van der Waals surface area (Å²) < 4.78 is 27.5. The molecule has 5 rings (SSSR count). The average Bonchev–Trinajstić information content (AvgIpc) is 2.83. The molecule has 1 fully saturated rings. The van der Waals surface area contributed by atoms with Crippen molar-refractivity contribution in [2.45, 2.75) is 24.7 Å². The monoisotopic (exact) mass is 465 g/mol. The van der Waals surface area contributed by atoms with Crippen molar-refractivity contribution in [1.82, 2.24) is 14.3 Å². The van der Waals surface area contributed by atoms with E-state index in [2.05, 4.69) is 0 Å². The Labute approximate surface area is 193 Å². The largest absolute Gasteiger partial charge is 0.355 e. The molecule has 0 atom stereocenters. The molecule has 8 nitrogen and oxygen atoms in total. The van der Waals surface area contributed by atoms with Crippen molar-refractivity contribution >= 4 is 38.6 Å². The van der Waals surface area contributed by atoms with Crippen molar-refractivity contribution in [3.63, 3.8) is 0 Å². The lowest BCUT2D eigenvalue weighted by molar-refractivity contribution is -0.123. The Kier molecular flexibility index (Phi) is 5.54. The molecular formula is C24H27N5O3S. The molecule has 1 saturated heterocycles. The molecule has 2 aliphatic heterocycles. The van der Waals surface area contributed by atoms with E-state index in [1.54, 1.807) is 29.2 Å². The highest BCUT2D eigenvalue weighted by Crippen LogP contribution is 2.33. The second-order valence-electron chi connectivity index (χ2n) is 8.76. The van der Waals surface area contributed by atoms with Gasteiger partial charge in [0.15, 0.2) is 11.6 Å². The number of carbonyl (C=O) groups is 1. The Hall–Kier alpha value is -3.04. The number of anilines is 2. The minimum Gasteiger partial charge on any atom is -0.355 e. The molecule has 2 aromatic carbocycles. The van der Waals surface area contributed by atoms with E-state index in [1.165, 1.54) is 4.31 Å². The van der Waals surface area contributed by atoms with Crippen LogP contribution in [-0.4, -0.2) is 61.8 Å². The lowest BCUT2D eigenvalue weighted by Crippen LogP contribution is -2.49. The summed E-state index contributed by atoms with van der Waals surface area (Å²) in [4.78, 5) is 27.1. The third-order valence-electron chi connectivity index (χ3n) is 6.54. The summed E-state index contributed by atoms with van der Waals surface area (Å²) in [6.45, 7) is 3.80. The highest BCUT2D eigenvalue weighted by atomic mass is 32.2. The van der Waals surface area contributed by atoms with Gasteiger partial charge in [-0.3, -0.25) is 9.69 Å². The number of aromatic nitrogens is 2. The second kappa shape index (κ2) is 8.39. The minimum absolute atomic E-state index is 0.00122.